The minimum absolute atomic E-state index is 0.129. The SMILES string of the molecule is CCCCCc1ccc(C2(C)C(=O)N(c3cccc(C(=O)O)c3)c3ccc(Cl)cc32)cc1. The molecular weight excluding hydrogens is 422 g/mol. The third kappa shape index (κ3) is 3.80. The van der Waals surface area contributed by atoms with Crippen LogP contribution in [-0.2, 0) is 16.6 Å². The van der Waals surface area contributed by atoms with Crippen molar-refractivity contribution in [3.05, 3.63) is 94.0 Å². The van der Waals surface area contributed by atoms with Crippen LogP contribution in [0.25, 0.3) is 0 Å². The van der Waals surface area contributed by atoms with E-state index < -0.39 is 11.4 Å². The molecule has 3 aromatic carbocycles. The van der Waals surface area contributed by atoms with E-state index in [4.69, 9.17) is 11.6 Å². The van der Waals surface area contributed by atoms with Gasteiger partial charge in [-0.1, -0.05) is 61.7 Å². The van der Waals surface area contributed by atoms with Crippen molar-refractivity contribution in [2.75, 3.05) is 4.90 Å². The van der Waals surface area contributed by atoms with Gasteiger partial charge in [-0.05, 0) is 72.9 Å². The number of carboxylic acid groups (broad SMARTS) is 1. The number of carboxylic acids is 1. The molecule has 0 bridgehead atoms. The molecule has 4 nitrogen and oxygen atoms in total. The van der Waals surface area contributed by atoms with Crippen molar-refractivity contribution in [2.24, 2.45) is 0 Å². The second-order valence-electron chi connectivity index (χ2n) is 8.44. The zero-order valence-electron chi connectivity index (χ0n) is 18.3. The Labute approximate surface area is 193 Å². The van der Waals surface area contributed by atoms with Crippen molar-refractivity contribution in [1.29, 1.82) is 0 Å². The molecule has 0 spiro atoms. The standard InChI is InChI=1S/C27H26ClNO3/c1-3-4-5-7-18-10-12-20(13-11-18)27(2)23-17-21(28)14-15-24(23)29(26(27)32)22-9-6-8-19(16-22)25(30)31/h6,8-17H,3-5,7H2,1-2H3,(H,30,31). The van der Waals surface area contributed by atoms with Crippen LogP contribution in [0.3, 0.4) is 0 Å². The Kier molecular flexibility index (Phi) is 6.07. The van der Waals surface area contributed by atoms with Crippen LogP contribution in [-0.4, -0.2) is 17.0 Å². The smallest absolute Gasteiger partial charge is 0.335 e. The summed E-state index contributed by atoms with van der Waals surface area (Å²) >= 11 is 6.33. The number of aromatic carboxylic acids is 1. The lowest BCUT2D eigenvalue weighted by atomic mass is 9.77. The summed E-state index contributed by atoms with van der Waals surface area (Å²) in [5.74, 6) is -1.16. The van der Waals surface area contributed by atoms with Crippen molar-refractivity contribution >= 4 is 34.9 Å². The highest BCUT2D eigenvalue weighted by Gasteiger charge is 2.49. The fourth-order valence-electron chi connectivity index (χ4n) is 4.45. The summed E-state index contributed by atoms with van der Waals surface area (Å²) in [5.41, 5.74) is 3.41. The molecule has 0 saturated carbocycles. The molecule has 164 valence electrons. The van der Waals surface area contributed by atoms with Crippen LogP contribution < -0.4 is 4.90 Å². The number of carbonyl (C=O) groups excluding carboxylic acids is 1. The Morgan fingerprint density at radius 1 is 1.03 bits per heavy atom. The molecule has 1 N–H and O–H groups in total. The summed E-state index contributed by atoms with van der Waals surface area (Å²) in [4.78, 5) is 27.0. The number of hydrogen-bond acceptors (Lipinski definition) is 2. The fourth-order valence-corrected chi connectivity index (χ4v) is 4.62. The summed E-state index contributed by atoms with van der Waals surface area (Å²) in [6, 6.07) is 20.1. The minimum atomic E-state index is -1.03. The van der Waals surface area contributed by atoms with Crippen LogP contribution in [0.15, 0.2) is 66.7 Å². The van der Waals surface area contributed by atoms with E-state index in [2.05, 4.69) is 19.1 Å². The van der Waals surface area contributed by atoms with Gasteiger partial charge in [0.1, 0.15) is 0 Å². The first kappa shape index (κ1) is 22.1. The van der Waals surface area contributed by atoms with E-state index in [1.54, 1.807) is 23.1 Å². The van der Waals surface area contributed by atoms with E-state index >= 15 is 0 Å². The molecule has 1 unspecified atom stereocenters. The van der Waals surface area contributed by atoms with Gasteiger partial charge in [-0.2, -0.15) is 0 Å². The topological polar surface area (TPSA) is 57.6 Å². The number of halogens is 1. The van der Waals surface area contributed by atoms with Crippen molar-refractivity contribution in [2.45, 2.75) is 44.9 Å². The van der Waals surface area contributed by atoms with Gasteiger partial charge < -0.3 is 5.11 Å². The lowest BCUT2D eigenvalue weighted by Crippen LogP contribution is -2.36. The molecule has 4 rings (SSSR count). The molecule has 0 aromatic heterocycles. The van der Waals surface area contributed by atoms with Crippen LogP contribution >= 0.6 is 11.6 Å². The lowest BCUT2D eigenvalue weighted by molar-refractivity contribution is -0.120. The van der Waals surface area contributed by atoms with Gasteiger partial charge in [0.15, 0.2) is 0 Å². The Hall–Kier alpha value is -3.11. The van der Waals surface area contributed by atoms with Crippen molar-refractivity contribution in [3.8, 4) is 0 Å². The number of aryl methyl sites for hydroxylation is 1. The van der Waals surface area contributed by atoms with E-state index in [0.29, 0.717) is 10.7 Å². The first-order valence-electron chi connectivity index (χ1n) is 10.9. The van der Waals surface area contributed by atoms with Crippen LogP contribution in [0.2, 0.25) is 5.02 Å². The van der Waals surface area contributed by atoms with Gasteiger partial charge in [0.2, 0.25) is 5.91 Å². The second-order valence-corrected chi connectivity index (χ2v) is 8.87. The summed E-state index contributed by atoms with van der Waals surface area (Å²) in [6.45, 7) is 4.10. The third-order valence-electron chi connectivity index (χ3n) is 6.32. The fraction of sp³-hybridized carbons (Fsp3) is 0.259. The van der Waals surface area contributed by atoms with E-state index in [-0.39, 0.29) is 11.5 Å². The first-order chi connectivity index (χ1) is 15.4. The molecule has 1 amide bonds. The third-order valence-corrected chi connectivity index (χ3v) is 6.56. The number of nitrogens with zero attached hydrogens (tertiary/aromatic N) is 1. The molecular formula is C27H26ClNO3. The second kappa shape index (κ2) is 8.79. The molecule has 3 aromatic rings. The molecule has 5 heteroatoms. The Balaban J connectivity index is 1.78. The van der Waals surface area contributed by atoms with Crippen LogP contribution in [0.5, 0.6) is 0 Å². The monoisotopic (exact) mass is 447 g/mol. The van der Waals surface area contributed by atoms with Gasteiger partial charge in [-0.25, -0.2) is 4.79 Å². The highest BCUT2D eigenvalue weighted by Crippen LogP contribution is 2.49. The molecule has 0 aliphatic carbocycles. The Morgan fingerprint density at radius 3 is 2.47 bits per heavy atom. The lowest BCUT2D eigenvalue weighted by Gasteiger charge is -2.25. The van der Waals surface area contributed by atoms with Gasteiger partial charge in [0.05, 0.1) is 16.7 Å². The average molecular weight is 448 g/mol. The van der Waals surface area contributed by atoms with E-state index in [1.807, 2.05) is 31.2 Å². The number of hydrogen-bond donors (Lipinski definition) is 1. The van der Waals surface area contributed by atoms with Gasteiger partial charge >= 0.3 is 5.97 Å². The van der Waals surface area contributed by atoms with Crippen LogP contribution in [0.4, 0.5) is 11.4 Å². The maximum absolute atomic E-state index is 13.9. The van der Waals surface area contributed by atoms with Crippen molar-refractivity contribution in [3.63, 3.8) is 0 Å². The van der Waals surface area contributed by atoms with Gasteiger partial charge in [-0.15, -0.1) is 0 Å². The molecule has 1 aliphatic rings. The Bertz CT molecular complexity index is 1170. The summed E-state index contributed by atoms with van der Waals surface area (Å²) < 4.78 is 0. The van der Waals surface area contributed by atoms with Crippen molar-refractivity contribution in [1.82, 2.24) is 0 Å². The Morgan fingerprint density at radius 2 is 1.78 bits per heavy atom. The number of amides is 1. The highest BCUT2D eigenvalue weighted by molar-refractivity contribution is 6.31. The summed E-state index contributed by atoms with van der Waals surface area (Å²) in [7, 11) is 0. The number of benzene rings is 3. The number of carbonyl (C=O) groups is 2. The molecule has 0 fully saturated rings. The summed E-state index contributed by atoms with van der Waals surface area (Å²) in [5, 5.41) is 9.97. The molecule has 32 heavy (non-hydrogen) atoms. The average Bonchev–Trinajstić information content (AvgIpc) is 3.02. The number of fused-ring (bicyclic) bond motifs is 1. The van der Waals surface area contributed by atoms with Gasteiger partial charge in [-0.3, -0.25) is 9.69 Å². The van der Waals surface area contributed by atoms with E-state index in [1.165, 1.54) is 30.5 Å². The number of anilines is 2. The quantitative estimate of drug-likeness (QED) is 0.407. The molecule has 1 aliphatic heterocycles. The largest absolute Gasteiger partial charge is 0.478 e. The molecule has 0 radical (unpaired) electrons. The zero-order valence-corrected chi connectivity index (χ0v) is 19.0. The van der Waals surface area contributed by atoms with Crippen LogP contribution in [0, 0.1) is 0 Å². The molecule has 0 saturated heterocycles. The predicted octanol–water partition coefficient (Wildman–Crippen LogP) is 6.76. The van der Waals surface area contributed by atoms with Gasteiger partial charge in [0.25, 0.3) is 0 Å². The molecule has 1 atom stereocenters. The number of rotatable bonds is 7. The minimum Gasteiger partial charge on any atom is -0.478 e. The van der Waals surface area contributed by atoms with Crippen LogP contribution in [0.1, 0.15) is 60.2 Å². The zero-order chi connectivity index (χ0) is 22.9. The maximum atomic E-state index is 13.9. The van der Waals surface area contributed by atoms with Gasteiger partial charge in [0, 0.05) is 10.7 Å². The highest BCUT2D eigenvalue weighted by atomic mass is 35.5. The normalized spacial score (nSPS) is 17.5. The number of unbranched alkanes of at least 4 members (excludes halogenated alkanes) is 2. The first-order valence-corrected chi connectivity index (χ1v) is 11.3. The maximum Gasteiger partial charge on any atom is 0.335 e. The van der Waals surface area contributed by atoms with Crippen molar-refractivity contribution < 1.29 is 14.7 Å². The van der Waals surface area contributed by atoms with E-state index in [0.717, 1.165) is 29.7 Å². The molecule has 1 heterocycles. The summed E-state index contributed by atoms with van der Waals surface area (Å²) in [6.07, 6.45) is 4.56. The van der Waals surface area contributed by atoms with E-state index in [9.17, 15) is 14.7 Å². The predicted molar refractivity (Wildman–Crippen MR) is 128 cm³/mol.